The van der Waals surface area contributed by atoms with Crippen LogP contribution in [-0.2, 0) is 53.0 Å². The molecule has 2 aromatic carbocycles. The number of aromatic nitrogens is 2. The Balaban J connectivity index is 1.22. The number of cyclic esters (lactones) is 1. The molecule has 3 N–H and O–H groups in total. The highest BCUT2D eigenvalue weighted by Gasteiger charge is 2.48. The molecule has 2 saturated heterocycles. The Morgan fingerprint density at radius 2 is 1.83 bits per heavy atom. The van der Waals surface area contributed by atoms with Gasteiger partial charge < -0.3 is 39.2 Å². The zero-order valence-corrected chi connectivity index (χ0v) is 42.2. The number of phenolic OH excluding ortho intramolecular Hbond substituents is 1. The summed E-state index contributed by atoms with van der Waals surface area (Å²) in [5.74, 6) is 1.80. The van der Waals surface area contributed by atoms with E-state index < -0.39 is 53.3 Å². The van der Waals surface area contributed by atoms with E-state index in [0.29, 0.717) is 50.0 Å². The standard InChI is InChI=1S/C54H68N8O8/c1-11-14-43(64)60-20-18-35(29-60)51(66)59(9)47(31(3)4)50(65)56-41-24-32-21-36(25-37(63)22-32)34-16-17-42-38(26-34)44-45(54(5,6)30-70-53(68)40-15-13-19-62(57-40)52(41)67)49(69-10)46-39(48(44)61(42)12-2)23-33(27-55-46)28-58(7)8/h16-17,21-23,25-27,31,35,40-41,45,47,49,57,63H,12-13,15,18-20,24,28-30H2,1-10H3,(H,56,65)/t35-,40-,41-,45?,47-,49-/m0/s1. The maximum absolute atomic E-state index is 14.9. The van der Waals surface area contributed by atoms with Gasteiger partial charge in [0.1, 0.15) is 30.0 Å². The average molecular weight is 957 g/mol. The highest BCUT2D eigenvalue weighted by molar-refractivity contribution is 5.98. The third kappa shape index (κ3) is 9.63. The molecule has 2 aromatic heterocycles. The zero-order valence-electron chi connectivity index (χ0n) is 42.2. The molecule has 0 spiro atoms. The topological polar surface area (TPSA) is 179 Å². The smallest absolute Gasteiger partial charge is 0.324 e. The van der Waals surface area contributed by atoms with Crippen LogP contribution in [0.25, 0.3) is 33.3 Å². The number of amides is 4. The first-order chi connectivity index (χ1) is 33.3. The van der Waals surface area contributed by atoms with Gasteiger partial charge in [-0.3, -0.25) is 34.0 Å². The minimum absolute atomic E-state index is 0.0159. The molecule has 4 aliphatic rings. The number of carbonyl (C=O) groups excluding carboxylic acids is 5. The number of hydrogen-bond donors (Lipinski definition) is 3. The SMILES string of the molecule is CC#CC(=O)N1CC[C@H](C(=O)N(C)[C@H](C(=O)N[C@H]2Cc3cc(O)cc(c3)-c3ccc4c(c3)c3c(n4CC)-c4cc(CN(C)C)cnc4[C@@H](OC)C3C(C)(C)COC(=O)[C@@H]3CCCN(N3)C2=O)C(C)C)C1. The highest BCUT2D eigenvalue weighted by atomic mass is 16.5. The molecule has 6 bridgehead atoms. The number of fused-ring (bicyclic) bond motifs is 8. The van der Waals surface area contributed by atoms with Gasteiger partial charge in [0, 0.05) is 87.3 Å². The zero-order chi connectivity index (χ0) is 50.3. The van der Waals surface area contributed by atoms with E-state index in [1.54, 1.807) is 38.1 Å². The maximum Gasteiger partial charge on any atom is 0.324 e. The number of rotatable bonds is 9. The van der Waals surface area contributed by atoms with Crippen molar-refractivity contribution >= 4 is 40.5 Å². The van der Waals surface area contributed by atoms with Crippen LogP contribution in [0.4, 0.5) is 0 Å². The van der Waals surface area contributed by atoms with Gasteiger partial charge in [0.05, 0.1) is 23.9 Å². The van der Waals surface area contributed by atoms with Gasteiger partial charge in [-0.15, -0.1) is 0 Å². The van der Waals surface area contributed by atoms with Gasteiger partial charge in [0.25, 0.3) is 11.8 Å². The first kappa shape index (κ1) is 50.1. The van der Waals surface area contributed by atoms with Gasteiger partial charge in [0.15, 0.2) is 0 Å². The lowest BCUT2D eigenvalue weighted by Crippen LogP contribution is -2.62. The van der Waals surface area contributed by atoms with E-state index in [1.165, 1.54) is 9.91 Å². The number of ether oxygens (including phenoxy) is 2. The summed E-state index contributed by atoms with van der Waals surface area (Å²) >= 11 is 0. The molecule has 0 saturated carbocycles. The second-order valence-corrected chi connectivity index (χ2v) is 20.7. The Bertz CT molecular complexity index is 2770. The molecule has 3 aliphatic heterocycles. The predicted molar refractivity (Wildman–Crippen MR) is 266 cm³/mol. The molecule has 16 nitrogen and oxygen atoms in total. The number of phenols is 1. The summed E-state index contributed by atoms with van der Waals surface area (Å²) in [5, 5.41) is 16.8. The van der Waals surface area contributed by atoms with E-state index in [9.17, 15) is 29.1 Å². The minimum atomic E-state index is -1.18. The second kappa shape index (κ2) is 20.2. The molecule has 372 valence electrons. The van der Waals surface area contributed by atoms with Crippen molar-refractivity contribution in [2.24, 2.45) is 17.3 Å². The van der Waals surface area contributed by atoms with E-state index in [1.807, 2.05) is 46.3 Å². The van der Waals surface area contributed by atoms with Gasteiger partial charge in [-0.2, -0.15) is 0 Å². The van der Waals surface area contributed by atoms with Crippen molar-refractivity contribution in [3.8, 4) is 40.0 Å². The number of aromatic hydroxyl groups is 1. The van der Waals surface area contributed by atoms with E-state index in [0.717, 1.165) is 44.5 Å². The van der Waals surface area contributed by atoms with E-state index >= 15 is 0 Å². The first-order valence-corrected chi connectivity index (χ1v) is 24.5. The number of carbonyl (C=O) groups is 5. The van der Waals surface area contributed by atoms with Crippen molar-refractivity contribution in [3.63, 3.8) is 0 Å². The van der Waals surface area contributed by atoms with Crippen molar-refractivity contribution in [1.82, 2.24) is 40.0 Å². The molecule has 16 heteroatoms. The molecule has 1 unspecified atom stereocenters. The molecule has 4 amide bonds. The quantitative estimate of drug-likeness (QED) is 0.145. The number of hydrogen-bond acceptors (Lipinski definition) is 11. The largest absolute Gasteiger partial charge is 0.508 e. The Morgan fingerprint density at radius 1 is 1.06 bits per heavy atom. The van der Waals surface area contributed by atoms with E-state index in [-0.39, 0.29) is 55.5 Å². The Labute approximate surface area is 411 Å². The van der Waals surface area contributed by atoms with Crippen LogP contribution in [-0.4, -0.2) is 137 Å². The summed E-state index contributed by atoms with van der Waals surface area (Å²) < 4.78 is 15.1. The number of methoxy groups -OCH3 is 1. The third-order valence-corrected chi connectivity index (χ3v) is 14.5. The fraction of sp³-hybridized carbons (Fsp3) is 0.519. The molecule has 2 fully saturated rings. The van der Waals surface area contributed by atoms with Crippen molar-refractivity contribution in [2.45, 2.75) is 110 Å². The van der Waals surface area contributed by atoms with Gasteiger partial charge in [-0.1, -0.05) is 45.7 Å². The van der Waals surface area contributed by atoms with Crippen LogP contribution in [0.2, 0.25) is 0 Å². The molecule has 1 aliphatic carbocycles. The van der Waals surface area contributed by atoms with Crippen molar-refractivity contribution in [3.05, 3.63) is 71.0 Å². The molecule has 0 radical (unpaired) electrons. The number of benzene rings is 2. The lowest BCUT2D eigenvalue weighted by Gasteiger charge is -2.42. The maximum atomic E-state index is 14.9. The Morgan fingerprint density at radius 3 is 2.53 bits per heavy atom. The van der Waals surface area contributed by atoms with Crippen LogP contribution >= 0.6 is 0 Å². The molecular weight excluding hydrogens is 889 g/mol. The number of nitrogens with one attached hydrogen (secondary N) is 2. The van der Waals surface area contributed by atoms with Crippen LogP contribution in [0.5, 0.6) is 5.75 Å². The number of nitrogens with zero attached hydrogens (tertiary/aromatic N) is 6. The normalized spacial score (nSPS) is 22.5. The number of hydrazine groups is 1. The van der Waals surface area contributed by atoms with Crippen molar-refractivity contribution < 1.29 is 38.6 Å². The van der Waals surface area contributed by atoms with Gasteiger partial charge in [-0.25, -0.2) is 5.43 Å². The third-order valence-electron chi connectivity index (χ3n) is 14.5. The van der Waals surface area contributed by atoms with Crippen LogP contribution in [0.15, 0.2) is 48.7 Å². The summed E-state index contributed by atoms with van der Waals surface area (Å²) in [4.78, 5) is 80.4. The predicted octanol–water partition coefficient (Wildman–Crippen LogP) is 5.40. The van der Waals surface area contributed by atoms with Crippen LogP contribution in [0.1, 0.15) is 95.2 Å². The lowest BCUT2D eigenvalue weighted by molar-refractivity contribution is -0.156. The highest BCUT2D eigenvalue weighted by Crippen LogP contribution is 2.57. The molecule has 6 atom stereocenters. The van der Waals surface area contributed by atoms with Crippen molar-refractivity contribution in [2.75, 3.05) is 54.5 Å². The second-order valence-electron chi connectivity index (χ2n) is 20.7. The van der Waals surface area contributed by atoms with Gasteiger partial charge in [-0.05, 0) is 117 Å². The molecular formula is C54H68N8O8. The van der Waals surface area contributed by atoms with E-state index in [2.05, 4.69) is 71.0 Å². The Hall–Kier alpha value is -6.28. The van der Waals surface area contributed by atoms with Gasteiger partial charge in [0.2, 0.25) is 11.8 Å². The summed E-state index contributed by atoms with van der Waals surface area (Å²) in [5.41, 5.74) is 10.5. The first-order valence-electron chi connectivity index (χ1n) is 24.5. The lowest BCUT2D eigenvalue weighted by atomic mass is 9.67. The Kier molecular flexibility index (Phi) is 14.5. The summed E-state index contributed by atoms with van der Waals surface area (Å²) in [7, 11) is 7.35. The number of esters is 1. The summed E-state index contributed by atoms with van der Waals surface area (Å²) in [6, 6.07) is 10.7. The van der Waals surface area contributed by atoms with Crippen LogP contribution in [0, 0.1) is 29.1 Å². The molecule has 5 heterocycles. The number of likely N-dealkylation sites (tertiary alicyclic amines) is 1. The number of likely N-dealkylation sites (N-methyl/N-ethyl adjacent to an activating group) is 1. The molecule has 8 rings (SSSR count). The summed E-state index contributed by atoms with van der Waals surface area (Å²) in [6.45, 7) is 13.8. The van der Waals surface area contributed by atoms with Crippen molar-refractivity contribution in [1.29, 1.82) is 0 Å². The van der Waals surface area contributed by atoms with E-state index in [4.69, 9.17) is 14.5 Å². The molecule has 4 aromatic rings. The minimum Gasteiger partial charge on any atom is -0.508 e. The number of pyridine rings is 1. The number of aryl methyl sites for hydroxylation is 1. The van der Waals surface area contributed by atoms with Gasteiger partial charge >= 0.3 is 5.97 Å². The fourth-order valence-corrected chi connectivity index (χ4v) is 11.3. The summed E-state index contributed by atoms with van der Waals surface area (Å²) in [6.07, 6.45) is 2.75. The molecule has 70 heavy (non-hydrogen) atoms. The average Bonchev–Trinajstić information content (AvgIpc) is 3.95. The van der Waals surface area contributed by atoms with Crippen LogP contribution in [0.3, 0.4) is 0 Å². The fourth-order valence-electron chi connectivity index (χ4n) is 11.3. The monoisotopic (exact) mass is 957 g/mol. The van der Waals surface area contributed by atoms with Crippen LogP contribution < -0.4 is 10.7 Å².